The van der Waals surface area contributed by atoms with Crippen molar-refractivity contribution in [2.45, 2.75) is 39.2 Å². The minimum atomic E-state index is 0.261. The van der Waals surface area contributed by atoms with E-state index in [-0.39, 0.29) is 5.92 Å². The molecule has 2 atom stereocenters. The molecule has 0 bridgehead atoms. The lowest BCUT2D eigenvalue weighted by molar-refractivity contribution is -0.921. The second kappa shape index (κ2) is 6.61. The number of hydrogen-bond acceptors (Lipinski definition) is 1. The third kappa shape index (κ3) is 3.65. The zero-order chi connectivity index (χ0) is 14.7. The van der Waals surface area contributed by atoms with E-state index in [9.17, 15) is 4.79 Å². The molecule has 0 radical (unpaired) electrons. The lowest BCUT2D eigenvalue weighted by Gasteiger charge is -2.31. The summed E-state index contributed by atoms with van der Waals surface area (Å²) in [6.45, 7) is 7.41. The zero-order valence-electron chi connectivity index (χ0n) is 13.1. The monoisotopic (exact) mass is 287 g/mol. The SMILES string of the molecule is Cc1cccc(C[NH+]2CCCC(C(=O)N3CCCC3)C2)c1. The first-order valence-electron chi connectivity index (χ1n) is 8.40. The minimum absolute atomic E-state index is 0.261. The van der Waals surface area contributed by atoms with Gasteiger partial charge in [0.25, 0.3) is 0 Å². The van der Waals surface area contributed by atoms with Crippen LogP contribution in [0, 0.1) is 12.8 Å². The highest BCUT2D eigenvalue weighted by Gasteiger charge is 2.32. The van der Waals surface area contributed by atoms with Crippen LogP contribution in [0.15, 0.2) is 24.3 Å². The maximum Gasteiger partial charge on any atom is 0.231 e. The largest absolute Gasteiger partial charge is 0.342 e. The van der Waals surface area contributed by atoms with Crippen LogP contribution in [-0.2, 0) is 11.3 Å². The summed E-state index contributed by atoms with van der Waals surface area (Å²) >= 11 is 0. The summed E-state index contributed by atoms with van der Waals surface area (Å²) in [4.78, 5) is 16.2. The molecular weight excluding hydrogens is 260 g/mol. The highest BCUT2D eigenvalue weighted by Crippen LogP contribution is 2.16. The fraction of sp³-hybridized carbons (Fsp3) is 0.611. The Labute approximate surface area is 127 Å². The van der Waals surface area contributed by atoms with Crippen molar-refractivity contribution in [3.63, 3.8) is 0 Å². The Morgan fingerprint density at radius 2 is 2.10 bits per heavy atom. The average molecular weight is 287 g/mol. The van der Waals surface area contributed by atoms with Gasteiger partial charge in [0, 0.05) is 18.7 Å². The molecule has 3 heteroatoms. The van der Waals surface area contributed by atoms with Gasteiger partial charge in [-0.1, -0.05) is 29.8 Å². The smallest absolute Gasteiger partial charge is 0.231 e. The maximum atomic E-state index is 12.6. The standard InChI is InChI=1S/C18H26N2O/c1-15-6-4-7-16(12-15)13-19-9-5-8-17(14-19)18(21)20-10-2-3-11-20/h4,6-7,12,17H,2-3,5,8-11,13-14H2,1H3/p+1. The number of benzene rings is 1. The molecule has 114 valence electrons. The molecule has 3 rings (SSSR count). The lowest BCUT2D eigenvalue weighted by atomic mass is 9.96. The van der Waals surface area contributed by atoms with Gasteiger partial charge in [-0.05, 0) is 32.6 Å². The van der Waals surface area contributed by atoms with Crippen molar-refractivity contribution in [2.75, 3.05) is 26.2 Å². The van der Waals surface area contributed by atoms with Gasteiger partial charge >= 0.3 is 0 Å². The molecule has 1 aromatic carbocycles. The summed E-state index contributed by atoms with van der Waals surface area (Å²) < 4.78 is 0. The summed E-state index contributed by atoms with van der Waals surface area (Å²) in [5.41, 5.74) is 2.73. The minimum Gasteiger partial charge on any atom is -0.342 e. The first kappa shape index (κ1) is 14.6. The molecule has 21 heavy (non-hydrogen) atoms. The van der Waals surface area contributed by atoms with Crippen LogP contribution >= 0.6 is 0 Å². The Morgan fingerprint density at radius 1 is 1.29 bits per heavy atom. The molecule has 1 N–H and O–H groups in total. The first-order valence-corrected chi connectivity index (χ1v) is 8.40. The lowest BCUT2D eigenvalue weighted by Crippen LogP contribution is -3.12. The Bertz CT molecular complexity index is 494. The number of rotatable bonds is 3. The number of nitrogens with one attached hydrogen (secondary N) is 1. The molecule has 2 unspecified atom stereocenters. The third-order valence-electron chi connectivity index (χ3n) is 4.92. The van der Waals surface area contributed by atoms with Crippen LogP contribution in [-0.4, -0.2) is 37.0 Å². The number of piperidine rings is 1. The van der Waals surface area contributed by atoms with Gasteiger partial charge in [0.15, 0.2) is 0 Å². The van der Waals surface area contributed by atoms with E-state index in [4.69, 9.17) is 0 Å². The van der Waals surface area contributed by atoms with Gasteiger partial charge in [-0.3, -0.25) is 4.79 Å². The van der Waals surface area contributed by atoms with Gasteiger partial charge in [-0.15, -0.1) is 0 Å². The molecule has 2 fully saturated rings. The van der Waals surface area contributed by atoms with Crippen LogP contribution in [0.4, 0.5) is 0 Å². The zero-order valence-corrected chi connectivity index (χ0v) is 13.1. The van der Waals surface area contributed by atoms with E-state index in [1.54, 1.807) is 4.90 Å². The van der Waals surface area contributed by atoms with Crippen molar-refractivity contribution in [1.29, 1.82) is 0 Å². The predicted octanol–water partition coefficient (Wildman–Crippen LogP) is 1.41. The van der Waals surface area contributed by atoms with Crippen LogP contribution in [0.25, 0.3) is 0 Å². The number of quaternary nitrogens is 1. The molecule has 0 spiro atoms. The summed E-state index contributed by atoms with van der Waals surface area (Å²) in [5.74, 6) is 0.686. The van der Waals surface area contributed by atoms with Gasteiger partial charge in [0.1, 0.15) is 6.54 Å². The topological polar surface area (TPSA) is 24.8 Å². The third-order valence-corrected chi connectivity index (χ3v) is 4.92. The Hall–Kier alpha value is -1.35. The molecule has 3 nitrogen and oxygen atoms in total. The summed E-state index contributed by atoms with van der Waals surface area (Å²) in [6.07, 6.45) is 4.66. The van der Waals surface area contributed by atoms with Crippen LogP contribution in [0.1, 0.15) is 36.8 Å². The summed E-state index contributed by atoms with van der Waals surface area (Å²) in [6, 6.07) is 8.78. The number of carbonyl (C=O) groups excluding carboxylic acids is 1. The van der Waals surface area contributed by atoms with Crippen LogP contribution < -0.4 is 4.90 Å². The predicted molar refractivity (Wildman–Crippen MR) is 84.1 cm³/mol. The normalized spacial score (nSPS) is 26.0. The maximum absolute atomic E-state index is 12.6. The average Bonchev–Trinajstić information content (AvgIpc) is 3.01. The Balaban J connectivity index is 1.59. The molecule has 2 aliphatic heterocycles. The van der Waals surface area contributed by atoms with Crippen LogP contribution in [0.5, 0.6) is 0 Å². The van der Waals surface area contributed by atoms with E-state index in [2.05, 4.69) is 36.1 Å². The molecule has 2 saturated heterocycles. The molecule has 1 amide bonds. The highest BCUT2D eigenvalue weighted by molar-refractivity contribution is 5.79. The number of hydrogen-bond donors (Lipinski definition) is 1. The molecule has 0 saturated carbocycles. The molecular formula is C18H27N2O+. The van der Waals surface area contributed by atoms with Gasteiger partial charge in [-0.2, -0.15) is 0 Å². The van der Waals surface area contributed by atoms with E-state index in [0.29, 0.717) is 5.91 Å². The number of likely N-dealkylation sites (tertiary alicyclic amines) is 2. The van der Waals surface area contributed by atoms with Crippen molar-refractivity contribution >= 4 is 5.91 Å². The van der Waals surface area contributed by atoms with Gasteiger partial charge in [-0.25, -0.2) is 0 Å². The number of amides is 1. The quantitative estimate of drug-likeness (QED) is 0.893. The van der Waals surface area contributed by atoms with E-state index >= 15 is 0 Å². The number of carbonyl (C=O) groups is 1. The van der Waals surface area contributed by atoms with Crippen molar-refractivity contribution in [2.24, 2.45) is 5.92 Å². The molecule has 1 aromatic rings. The van der Waals surface area contributed by atoms with Crippen LogP contribution in [0.2, 0.25) is 0 Å². The molecule has 2 aliphatic rings. The van der Waals surface area contributed by atoms with E-state index in [1.165, 1.54) is 36.9 Å². The van der Waals surface area contributed by atoms with E-state index in [0.717, 1.165) is 32.6 Å². The molecule has 0 aromatic heterocycles. The van der Waals surface area contributed by atoms with Crippen molar-refractivity contribution in [1.82, 2.24) is 4.90 Å². The van der Waals surface area contributed by atoms with Gasteiger partial charge in [0.2, 0.25) is 5.91 Å². The van der Waals surface area contributed by atoms with Crippen molar-refractivity contribution < 1.29 is 9.69 Å². The second-order valence-corrected chi connectivity index (χ2v) is 6.74. The fourth-order valence-corrected chi connectivity index (χ4v) is 3.83. The molecule has 2 heterocycles. The number of nitrogens with zero attached hydrogens (tertiary/aromatic N) is 1. The van der Waals surface area contributed by atoms with E-state index in [1.807, 2.05) is 0 Å². The first-order chi connectivity index (χ1) is 10.2. The fourth-order valence-electron chi connectivity index (χ4n) is 3.83. The second-order valence-electron chi connectivity index (χ2n) is 6.74. The Morgan fingerprint density at radius 3 is 2.86 bits per heavy atom. The molecule has 0 aliphatic carbocycles. The summed E-state index contributed by atoms with van der Waals surface area (Å²) in [5, 5.41) is 0. The number of aryl methyl sites for hydroxylation is 1. The van der Waals surface area contributed by atoms with Gasteiger partial charge < -0.3 is 9.80 Å². The highest BCUT2D eigenvalue weighted by atomic mass is 16.2. The van der Waals surface area contributed by atoms with Crippen molar-refractivity contribution in [3.05, 3.63) is 35.4 Å². The summed E-state index contributed by atoms with van der Waals surface area (Å²) in [7, 11) is 0. The van der Waals surface area contributed by atoms with E-state index < -0.39 is 0 Å². The van der Waals surface area contributed by atoms with Gasteiger partial charge in [0.05, 0.1) is 19.0 Å². The van der Waals surface area contributed by atoms with Crippen LogP contribution in [0.3, 0.4) is 0 Å². The Kier molecular flexibility index (Phi) is 4.59. The van der Waals surface area contributed by atoms with Crippen molar-refractivity contribution in [3.8, 4) is 0 Å².